The molecular weight excluding hydrogens is 397 g/mol. The zero-order valence-electron chi connectivity index (χ0n) is 17.2. The Morgan fingerprint density at radius 3 is 2.65 bits per heavy atom. The van der Waals surface area contributed by atoms with Crippen LogP contribution < -0.4 is 10.1 Å². The molecule has 7 nitrogen and oxygen atoms in total. The average Bonchev–Trinajstić information content (AvgIpc) is 3.18. The van der Waals surface area contributed by atoms with Crippen molar-refractivity contribution in [2.45, 2.75) is 37.7 Å². The summed E-state index contributed by atoms with van der Waals surface area (Å²) in [6, 6.07) is 14.9. The number of ether oxygens (including phenoxy) is 2. The highest BCUT2D eigenvalue weighted by molar-refractivity contribution is 6.43. The van der Waals surface area contributed by atoms with Crippen LogP contribution in [0.1, 0.15) is 24.0 Å². The summed E-state index contributed by atoms with van der Waals surface area (Å²) >= 11 is 0. The lowest BCUT2D eigenvalue weighted by atomic mass is 9.75. The number of para-hydroxylation sites is 2. The second-order valence-electron chi connectivity index (χ2n) is 7.76. The summed E-state index contributed by atoms with van der Waals surface area (Å²) in [4.78, 5) is 12.7. The van der Waals surface area contributed by atoms with Crippen molar-refractivity contribution in [3.63, 3.8) is 0 Å². The fourth-order valence-electron chi connectivity index (χ4n) is 3.83. The second-order valence-corrected chi connectivity index (χ2v) is 7.76. The van der Waals surface area contributed by atoms with Crippen molar-refractivity contribution in [1.29, 1.82) is 0 Å². The lowest BCUT2D eigenvalue weighted by Crippen LogP contribution is -2.48. The van der Waals surface area contributed by atoms with Crippen LogP contribution in [0, 0.1) is 0 Å². The monoisotopic (exact) mass is 423 g/mol. The molecule has 2 aromatic carbocycles. The van der Waals surface area contributed by atoms with E-state index in [-0.39, 0.29) is 24.9 Å². The fourth-order valence-corrected chi connectivity index (χ4v) is 3.83. The average molecular weight is 423 g/mol. The summed E-state index contributed by atoms with van der Waals surface area (Å²) in [6.07, 6.45) is 3.61. The minimum Gasteiger partial charge on any atom is -0.490 e. The molecule has 2 heterocycles. The van der Waals surface area contributed by atoms with Gasteiger partial charge in [0.2, 0.25) is 5.91 Å². The van der Waals surface area contributed by atoms with Gasteiger partial charge in [-0.05, 0) is 24.1 Å². The Hall–Kier alpha value is -2.81. The van der Waals surface area contributed by atoms with Gasteiger partial charge in [0.05, 0.1) is 31.8 Å². The van der Waals surface area contributed by atoms with Gasteiger partial charge in [-0.25, -0.2) is 0 Å². The van der Waals surface area contributed by atoms with Gasteiger partial charge >= 0.3 is 7.12 Å². The minimum atomic E-state index is -1.70. The van der Waals surface area contributed by atoms with E-state index in [4.69, 9.17) is 13.9 Å². The number of amides is 1. The number of benzene rings is 2. The van der Waals surface area contributed by atoms with Gasteiger partial charge in [0.15, 0.2) is 0 Å². The molecular formula is C23H26BNO6. The van der Waals surface area contributed by atoms with E-state index in [1.165, 1.54) is 0 Å². The predicted molar refractivity (Wildman–Crippen MR) is 117 cm³/mol. The number of furan rings is 1. The summed E-state index contributed by atoms with van der Waals surface area (Å²) in [6.45, 7) is 1.35. The highest BCUT2D eigenvalue weighted by Crippen LogP contribution is 2.24. The van der Waals surface area contributed by atoms with E-state index in [9.17, 15) is 14.8 Å². The van der Waals surface area contributed by atoms with Gasteiger partial charge in [0.25, 0.3) is 0 Å². The van der Waals surface area contributed by atoms with Crippen molar-refractivity contribution in [3.8, 4) is 5.75 Å². The van der Waals surface area contributed by atoms with E-state index >= 15 is 0 Å². The molecule has 0 radical (unpaired) electrons. The van der Waals surface area contributed by atoms with Crippen molar-refractivity contribution >= 4 is 24.0 Å². The third kappa shape index (κ3) is 5.47. The first kappa shape index (κ1) is 21.4. The molecule has 0 saturated carbocycles. The van der Waals surface area contributed by atoms with Crippen molar-refractivity contribution in [1.82, 2.24) is 5.32 Å². The molecule has 1 aliphatic heterocycles. The van der Waals surface area contributed by atoms with Crippen molar-refractivity contribution in [2.75, 3.05) is 13.2 Å². The number of hydrogen-bond donors (Lipinski definition) is 3. The summed E-state index contributed by atoms with van der Waals surface area (Å²) in [7, 11) is -1.70. The van der Waals surface area contributed by atoms with Gasteiger partial charge in [0, 0.05) is 23.8 Å². The van der Waals surface area contributed by atoms with Gasteiger partial charge in [0.1, 0.15) is 17.4 Å². The number of nitrogens with one attached hydrogen (secondary N) is 1. The molecule has 4 rings (SSSR count). The van der Waals surface area contributed by atoms with E-state index in [0.29, 0.717) is 24.5 Å². The van der Waals surface area contributed by atoms with Gasteiger partial charge < -0.3 is 29.3 Å². The van der Waals surface area contributed by atoms with Gasteiger partial charge in [-0.2, -0.15) is 0 Å². The maximum absolute atomic E-state index is 12.7. The molecule has 1 saturated heterocycles. The summed E-state index contributed by atoms with van der Waals surface area (Å²) in [5.41, 5.74) is 2.28. The van der Waals surface area contributed by atoms with Crippen LogP contribution in [0.15, 0.2) is 59.2 Å². The maximum Gasteiger partial charge on any atom is 0.475 e. The van der Waals surface area contributed by atoms with Crippen LogP contribution in [-0.4, -0.2) is 48.3 Å². The Bertz CT molecular complexity index is 1010. The topological polar surface area (TPSA) is 101 Å². The first-order valence-corrected chi connectivity index (χ1v) is 10.5. The number of rotatable bonds is 8. The summed E-state index contributed by atoms with van der Waals surface area (Å²) < 4.78 is 17.0. The standard InChI is InChI=1S/C23H26BNO6/c26-23(14-16-5-1-3-7-20(16)31-18-9-11-29-12-10-18)25-22(24(27)28)13-17-15-30-21-8-4-2-6-19(17)21/h1-8,15,18,22,27-28H,9-14H2,(H,25,26). The van der Waals surface area contributed by atoms with Gasteiger partial charge in [-0.1, -0.05) is 36.4 Å². The molecule has 0 spiro atoms. The summed E-state index contributed by atoms with van der Waals surface area (Å²) in [5.74, 6) is -0.502. The van der Waals surface area contributed by atoms with Crippen molar-refractivity contribution in [3.05, 3.63) is 65.9 Å². The lowest BCUT2D eigenvalue weighted by molar-refractivity contribution is -0.120. The van der Waals surface area contributed by atoms with E-state index in [1.807, 2.05) is 48.5 Å². The molecule has 3 aromatic rings. The molecule has 3 N–H and O–H groups in total. The van der Waals surface area contributed by atoms with E-state index < -0.39 is 13.1 Å². The third-order valence-electron chi connectivity index (χ3n) is 5.49. The van der Waals surface area contributed by atoms with Crippen molar-refractivity contribution in [2.24, 2.45) is 0 Å². The fraction of sp³-hybridized carbons (Fsp3) is 0.348. The lowest BCUT2D eigenvalue weighted by Gasteiger charge is -2.24. The molecule has 1 unspecified atom stereocenters. The molecule has 31 heavy (non-hydrogen) atoms. The zero-order chi connectivity index (χ0) is 21.6. The number of carbonyl (C=O) groups is 1. The van der Waals surface area contributed by atoms with Crippen LogP contribution in [0.5, 0.6) is 5.75 Å². The Labute approximate surface area is 181 Å². The molecule has 0 bridgehead atoms. The van der Waals surface area contributed by atoms with Crippen LogP contribution in [0.2, 0.25) is 0 Å². The predicted octanol–water partition coefficient (Wildman–Crippen LogP) is 2.27. The SMILES string of the molecule is O=C(Cc1ccccc1OC1CCOCC1)NC(Cc1coc2ccccc12)B(O)O. The van der Waals surface area contributed by atoms with E-state index in [1.54, 1.807) is 6.26 Å². The van der Waals surface area contributed by atoms with Crippen LogP contribution in [0.3, 0.4) is 0 Å². The smallest absolute Gasteiger partial charge is 0.475 e. The molecule has 8 heteroatoms. The Morgan fingerprint density at radius 2 is 1.84 bits per heavy atom. The van der Waals surface area contributed by atoms with Crippen LogP contribution in [0.4, 0.5) is 0 Å². The second kappa shape index (κ2) is 10.0. The van der Waals surface area contributed by atoms with E-state index in [2.05, 4.69) is 5.32 Å². The molecule has 1 atom stereocenters. The molecule has 1 aromatic heterocycles. The molecule has 1 fully saturated rings. The zero-order valence-corrected chi connectivity index (χ0v) is 17.2. The Balaban J connectivity index is 1.42. The minimum absolute atomic E-state index is 0.0688. The van der Waals surface area contributed by atoms with E-state index in [0.717, 1.165) is 29.4 Å². The Morgan fingerprint density at radius 1 is 1.10 bits per heavy atom. The molecule has 0 aliphatic carbocycles. The highest BCUT2D eigenvalue weighted by Gasteiger charge is 2.27. The molecule has 162 valence electrons. The van der Waals surface area contributed by atoms with Crippen LogP contribution in [0.25, 0.3) is 11.0 Å². The molecule has 1 aliphatic rings. The highest BCUT2D eigenvalue weighted by atomic mass is 16.5. The van der Waals surface area contributed by atoms with Crippen LogP contribution >= 0.6 is 0 Å². The normalized spacial score (nSPS) is 15.5. The largest absolute Gasteiger partial charge is 0.490 e. The first-order valence-electron chi connectivity index (χ1n) is 10.5. The van der Waals surface area contributed by atoms with Gasteiger partial charge in [-0.3, -0.25) is 4.79 Å². The van der Waals surface area contributed by atoms with Crippen molar-refractivity contribution < 1.29 is 28.7 Å². The number of hydrogen-bond acceptors (Lipinski definition) is 6. The van der Waals surface area contributed by atoms with Gasteiger partial charge in [-0.15, -0.1) is 0 Å². The quantitative estimate of drug-likeness (QED) is 0.481. The third-order valence-corrected chi connectivity index (χ3v) is 5.49. The Kier molecular flexibility index (Phi) is 6.91. The first-order chi connectivity index (χ1) is 15.1. The summed E-state index contributed by atoms with van der Waals surface area (Å²) in [5, 5.41) is 23.3. The maximum atomic E-state index is 12.7. The van der Waals surface area contributed by atoms with Crippen LogP contribution in [-0.2, 0) is 22.4 Å². The number of fused-ring (bicyclic) bond motifs is 1. The molecule has 1 amide bonds. The number of carbonyl (C=O) groups excluding carboxylic acids is 1.